The largest absolute Gasteiger partial charge is 0.403 e. The molecule has 1 fully saturated rings. The summed E-state index contributed by atoms with van der Waals surface area (Å²) in [7, 11) is 0. The molecule has 25 heavy (non-hydrogen) atoms. The van der Waals surface area contributed by atoms with Gasteiger partial charge in [0.1, 0.15) is 6.04 Å². The summed E-state index contributed by atoms with van der Waals surface area (Å²) in [5.41, 5.74) is 0. The summed E-state index contributed by atoms with van der Waals surface area (Å²) < 4.78 is 38.6. The average molecular weight is 376 g/mol. The van der Waals surface area contributed by atoms with E-state index < -0.39 is 12.2 Å². The molecule has 1 aliphatic rings. The van der Waals surface area contributed by atoms with Crippen molar-refractivity contribution >= 4 is 17.3 Å². The van der Waals surface area contributed by atoms with Crippen LogP contribution in [0.3, 0.4) is 0 Å². The van der Waals surface area contributed by atoms with E-state index in [4.69, 9.17) is 4.99 Å². The van der Waals surface area contributed by atoms with Gasteiger partial charge in [-0.25, -0.2) is 0 Å². The van der Waals surface area contributed by atoms with Gasteiger partial charge in [0.05, 0.1) is 6.54 Å². The van der Waals surface area contributed by atoms with Crippen molar-refractivity contribution in [2.24, 2.45) is 4.99 Å². The molecule has 1 N–H and O–H groups in total. The standard InChI is InChI=1S/C17H27F3N4S/c1-4-21-16(22-12-13(2)15-6-5-11-25-15)24-9-7-23(8-10-24)14(3)17(18,19)20/h5-6,11,13-14H,4,7-10,12H2,1-3H3,(H,21,22). The van der Waals surface area contributed by atoms with Crippen LogP contribution in [0.4, 0.5) is 13.2 Å². The predicted octanol–water partition coefficient (Wildman–Crippen LogP) is 3.39. The monoisotopic (exact) mass is 376 g/mol. The number of thiophene rings is 1. The number of piperazine rings is 1. The average Bonchev–Trinajstić information content (AvgIpc) is 3.11. The van der Waals surface area contributed by atoms with Crippen molar-refractivity contribution in [2.45, 2.75) is 38.9 Å². The molecule has 1 aliphatic heterocycles. The van der Waals surface area contributed by atoms with Crippen molar-refractivity contribution in [3.8, 4) is 0 Å². The maximum atomic E-state index is 12.9. The zero-order chi connectivity index (χ0) is 18.4. The molecule has 0 amide bonds. The second kappa shape index (κ2) is 8.89. The number of rotatable bonds is 5. The van der Waals surface area contributed by atoms with Crippen LogP contribution < -0.4 is 5.32 Å². The van der Waals surface area contributed by atoms with Crippen LogP contribution in [-0.2, 0) is 0 Å². The van der Waals surface area contributed by atoms with Gasteiger partial charge in [-0.2, -0.15) is 13.2 Å². The van der Waals surface area contributed by atoms with Crippen LogP contribution in [-0.4, -0.2) is 67.2 Å². The van der Waals surface area contributed by atoms with Gasteiger partial charge in [-0.15, -0.1) is 11.3 Å². The SMILES string of the molecule is CCNC(=NCC(C)c1cccs1)N1CCN(C(C)C(F)(F)F)CC1. The van der Waals surface area contributed by atoms with Gasteiger partial charge < -0.3 is 10.2 Å². The Balaban J connectivity index is 1.93. The van der Waals surface area contributed by atoms with Gasteiger partial charge in [-0.3, -0.25) is 9.89 Å². The Labute approximate surface area is 151 Å². The minimum atomic E-state index is -4.17. The molecule has 0 aliphatic carbocycles. The number of hydrogen-bond donors (Lipinski definition) is 1. The molecular formula is C17H27F3N4S. The minimum Gasteiger partial charge on any atom is -0.357 e. The molecular weight excluding hydrogens is 349 g/mol. The smallest absolute Gasteiger partial charge is 0.357 e. The summed E-state index contributed by atoms with van der Waals surface area (Å²) in [6.07, 6.45) is -4.17. The number of nitrogens with zero attached hydrogens (tertiary/aromatic N) is 3. The lowest BCUT2D eigenvalue weighted by Crippen LogP contribution is -2.56. The third-order valence-electron chi connectivity index (χ3n) is 4.51. The first kappa shape index (κ1) is 20.0. The van der Waals surface area contributed by atoms with Crippen molar-refractivity contribution in [1.29, 1.82) is 0 Å². The highest BCUT2D eigenvalue weighted by Gasteiger charge is 2.41. The number of alkyl halides is 3. The van der Waals surface area contributed by atoms with E-state index in [9.17, 15) is 13.2 Å². The first-order chi connectivity index (χ1) is 11.8. The summed E-state index contributed by atoms with van der Waals surface area (Å²) in [5, 5.41) is 5.32. The van der Waals surface area contributed by atoms with Crippen LogP contribution in [0.5, 0.6) is 0 Å². The van der Waals surface area contributed by atoms with Crippen LogP contribution >= 0.6 is 11.3 Å². The lowest BCUT2D eigenvalue weighted by Gasteiger charge is -2.39. The zero-order valence-corrected chi connectivity index (χ0v) is 15.8. The Kier molecular flexibility index (Phi) is 7.13. The molecule has 0 spiro atoms. The van der Waals surface area contributed by atoms with Crippen LogP contribution in [0.15, 0.2) is 22.5 Å². The van der Waals surface area contributed by atoms with E-state index in [0.717, 1.165) is 12.5 Å². The highest BCUT2D eigenvalue weighted by Crippen LogP contribution is 2.25. The highest BCUT2D eigenvalue weighted by molar-refractivity contribution is 7.10. The maximum Gasteiger partial charge on any atom is 0.403 e. The molecule has 0 radical (unpaired) electrons. The molecule has 8 heteroatoms. The maximum absolute atomic E-state index is 12.9. The fourth-order valence-corrected chi connectivity index (χ4v) is 3.62. The van der Waals surface area contributed by atoms with E-state index in [1.165, 1.54) is 16.7 Å². The molecule has 0 bridgehead atoms. The van der Waals surface area contributed by atoms with Crippen molar-refractivity contribution < 1.29 is 13.2 Å². The third-order valence-corrected chi connectivity index (χ3v) is 5.62. The number of halogens is 3. The third kappa shape index (κ3) is 5.60. The number of guanidine groups is 1. The molecule has 142 valence electrons. The summed E-state index contributed by atoms with van der Waals surface area (Å²) in [6, 6.07) is 2.75. The van der Waals surface area contributed by atoms with Gasteiger partial charge in [0.2, 0.25) is 0 Å². The molecule has 2 rings (SSSR count). The van der Waals surface area contributed by atoms with Crippen LogP contribution in [0, 0.1) is 0 Å². The van der Waals surface area contributed by atoms with E-state index in [1.807, 2.05) is 13.0 Å². The Bertz CT molecular complexity index is 537. The Hall–Kier alpha value is -1.28. The van der Waals surface area contributed by atoms with Gasteiger partial charge in [0.25, 0.3) is 0 Å². The summed E-state index contributed by atoms with van der Waals surface area (Å²) in [4.78, 5) is 9.56. The first-order valence-electron chi connectivity index (χ1n) is 8.70. The lowest BCUT2D eigenvalue weighted by molar-refractivity contribution is -0.181. The van der Waals surface area contributed by atoms with Crippen molar-refractivity contribution in [3.05, 3.63) is 22.4 Å². The molecule has 4 nitrogen and oxygen atoms in total. The summed E-state index contributed by atoms with van der Waals surface area (Å²) >= 11 is 1.72. The lowest BCUT2D eigenvalue weighted by atomic mass is 10.1. The Morgan fingerprint density at radius 2 is 1.96 bits per heavy atom. The van der Waals surface area contributed by atoms with Crippen molar-refractivity contribution in [3.63, 3.8) is 0 Å². The molecule has 2 heterocycles. The summed E-state index contributed by atoms with van der Waals surface area (Å²) in [5.74, 6) is 1.13. The van der Waals surface area contributed by atoms with E-state index in [0.29, 0.717) is 38.6 Å². The summed E-state index contributed by atoms with van der Waals surface area (Å²) in [6.45, 7) is 8.68. The fourth-order valence-electron chi connectivity index (χ4n) is 2.84. The van der Waals surface area contributed by atoms with E-state index >= 15 is 0 Å². The molecule has 1 saturated heterocycles. The van der Waals surface area contributed by atoms with Crippen LogP contribution in [0.2, 0.25) is 0 Å². The molecule has 0 aromatic carbocycles. The molecule has 2 unspecified atom stereocenters. The highest BCUT2D eigenvalue weighted by atomic mass is 32.1. The first-order valence-corrected chi connectivity index (χ1v) is 9.58. The van der Waals surface area contributed by atoms with Gasteiger partial charge in [-0.1, -0.05) is 13.0 Å². The molecule has 1 aromatic rings. The Morgan fingerprint density at radius 3 is 2.48 bits per heavy atom. The van der Waals surface area contributed by atoms with Gasteiger partial charge >= 0.3 is 6.18 Å². The fraction of sp³-hybridized carbons (Fsp3) is 0.706. The normalized spacial score (nSPS) is 19.8. The second-order valence-corrected chi connectivity index (χ2v) is 7.33. The predicted molar refractivity (Wildman–Crippen MR) is 97.4 cm³/mol. The molecule has 0 saturated carbocycles. The van der Waals surface area contributed by atoms with Crippen LogP contribution in [0.25, 0.3) is 0 Å². The Morgan fingerprint density at radius 1 is 1.28 bits per heavy atom. The van der Waals surface area contributed by atoms with Crippen LogP contribution in [0.1, 0.15) is 31.6 Å². The second-order valence-electron chi connectivity index (χ2n) is 6.35. The number of hydrogen-bond acceptors (Lipinski definition) is 3. The zero-order valence-electron chi connectivity index (χ0n) is 15.0. The topological polar surface area (TPSA) is 30.9 Å². The minimum absolute atomic E-state index is 0.334. The molecule has 2 atom stereocenters. The quantitative estimate of drug-likeness (QED) is 0.631. The van der Waals surface area contributed by atoms with E-state index in [2.05, 4.69) is 28.6 Å². The van der Waals surface area contributed by atoms with E-state index in [-0.39, 0.29) is 0 Å². The van der Waals surface area contributed by atoms with Gasteiger partial charge in [0, 0.05) is 43.5 Å². The van der Waals surface area contributed by atoms with Crippen molar-refractivity contribution in [2.75, 3.05) is 39.3 Å². The molecule has 1 aromatic heterocycles. The number of aliphatic imine (C=N–C) groups is 1. The van der Waals surface area contributed by atoms with Crippen molar-refractivity contribution in [1.82, 2.24) is 15.1 Å². The van der Waals surface area contributed by atoms with Gasteiger partial charge in [-0.05, 0) is 25.3 Å². The number of nitrogens with one attached hydrogen (secondary N) is 1. The van der Waals surface area contributed by atoms with Gasteiger partial charge in [0.15, 0.2) is 5.96 Å². The van der Waals surface area contributed by atoms with E-state index in [1.54, 1.807) is 11.3 Å².